The molecule has 28 heavy (non-hydrogen) atoms. The van der Waals surface area contributed by atoms with E-state index in [0.717, 1.165) is 17.0 Å². The molecule has 142 valence electrons. The number of hydrazone groups is 1. The number of carbonyl (C=O) groups excluding carboxylic acids is 1. The average molecular weight is 379 g/mol. The number of nitrogens with zero attached hydrogens (tertiary/aromatic N) is 3. The number of hydrogen-bond donors (Lipinski definition) is 2. The SMILES string of the molecule is COc1ccc(-c2[nH]ncc2/C=N/NC(=O)Cc2ccc([N+](=O)[O-])cc2)cc1. The molecule has 3 aromatic rings. The van der Waals surface area contributed by atoms with Crippen LogP contribution < -0.4 is 10.2 Å². The number of ether oxygens (including phenoxy) is 1. The van der Waals surface area contributed by atoms with Crippen molar-refractivity contribution in [1.29, 1.82) is 0 Å². The monoisotopic (exact) mass is 379 g/mol. The van der Waals surface area contributed by atoms with Crippen molar-refractivity contribution < 1.29 is 14.5 Å². The Morgan fingerprint density at radius 1 is 1.25 bits per heavy atom. The van der Waals surface area contributed by atoms with Gasteiger partial charge in [0.15, 0.2) is 0 Å². The zero-order chi connectivity index (χ0) is 19.9. The molecule has 0 atom stereocenters. The second-order valence-corrected chi connectivity index (χ2v) is 5.82. The van der Waals surface area contributed by atoms with Crippen molar-refractivity contribution in [3.8, 4) is 17.0 Å². The van der Waals surface area contributed by atoms with E-state index in [0.29, 0.717) is 11.1 Å². The summed E-state index contributed by atoms with van der Waals surface area (Å²) in [6.07, 6.45) is 3.16. The lowest BCUT2D eigenvalue weighted by atomic mass is 10.1. The van der Waals surface area contributed by atoms with Gasteiger partial charge in [-0.15, -0.1) is 0 Å². The van der Waals surface area contributed by atoms with E-state index in [4.69, 9.17) is 4.74 Å². The van der Waals surface area contributed by atoms with Crippen LogP contribution in [0.15, 0.2) is 59.8 Å². The number of nitro groups is 1. The standard InChI is InChI=1S/C19H17N5O4/c1-28-17-8-4-14(5-9-17)19-15(12-21-23-19)11-20-22-18(25)10-13-2-6-16(7-3-13)24(26)27/h2-9,11-12H,10H2,1H3,(H,21,23)(H,22,25)/b20-11+. The minimum Gasteiger partial charge on any atom is -0.497 e. The predicted molar refractivity (Wildman–Crippen MR) is 103 cm³/mol. The van der Waals surface area contributed by atoms with Crippen LogP contribution in [-0.4, -0.2) is 34.4 Å². The zero-order valence-corrected chi connectivity index (χ0v) is 15.0. The molecule has 2 N–H and O–H groups in total. The van der Waals surface area contributed by atoms with Crippen LogP contribution in [0.25, 0.3) is 11.3 Å². The van der Waals surface area contributed by atoms with Gasteiger partial charge in [0.05, 0.1) is 36.6 Å². The zero-order valence-electron chi connectivity index (χ0n) is 15.0. The normalized spacial score (nSPS) is 10.8. The first-order valence-corrected chi connectivity index (χ1v) is 8.30. The quantitative estimate of drug-likeness (QED) is 0.371. The molecule has 0 saturated heterocycles. The van der Waals surface area contributed by atoms with Crippen LogP contribution in [0.3, 0.4) is 0 Å². The van der Waals surface area contributed by atoms with Crippen molar-refractivity contribution in [2.24, 2.45) is 5.10 Å². The minimum absolute atomic E-state index is 0.0202. The van der Waals surface area contributed by atoms with Crippen molar-refractivity contribution in [3.05, 3.63) is 76.0 Å². The predicted octanol–water partition coefficient (Wildman–Crippen LogP) is 2.69. The van der Waals surface area contributed by atoms with Crippen LogP contribution in [0, 0.1) is 10.1 Å². The molecule has 0 bridgehead atoms. The second kappa shape index (κ2) is 8.58. The van der Waals surface area contributed by atoms with E-state index in [9.17, 15) is 14.9 Å². The number of carbonyl (C=O) groups is 1. The lowest BCUT2D eigenvalue weighted by molar-refractivity contribution is -0.384. The molecule has 1 aromatic heterocycles. The van der Waals surface area contributed by atoms with Crippen molar-refractivity contribution in [2.75, 3.05) is 7.11 Å². The maximum absolute atomic E-state index is 12.0. The van der Waals surface area contributed by atoms with Gasteiger partial charge in [-0.3, -0.25) is 20.0 Å². The van der Waals surface area contributed by atoms with E-state index in [1.807, 2.05) is 24.3 Å². The van der Waals surface area contributed by atoms with Crippen molar-refractivity contribution >= 4 is 17.8 Å². The first-order valence-electron chi connectivity index (χ1n) is 8.30. The highest BCUT2D eigenvalue weighted by molar-refractivity contribution is 5.89. The van der Waals surface area contributed by atoms with Crippen molar-refractivity contribution in [2.45, 2.75) is 6.42 Å². The van der Waals surface area contributed by atoms with Crippen LogP contribution in [0.4, 0.5) is 5.69 Å². The molecular weight excluding hydrogens is 362 g/mol. The topological polar surface area (TPSA) is 123 Å². The Labute approximate surface area is 160 Å². The lowest BCUT2D eigenvalue weighted by Crippen LogP contribution is -2.19. The Hall–Kier alpha value is -4.01. The maximum Gasteiger partial charge on any atom is 0.269 e. The summed E-state index contributed by atoms with van der Waals surface area (Å²) < 4.78 is 5.14. The van der Waals surface area contributed by atoms with Crippen LogP contribution in [0.1, 0.15) is 11.1 Å². The summed E-state index contributed by atoms with van der Waals surface area (Å²) in [7, 11) is 1.60. The van der Waals surface area contributed by atoms with Gasteiger partial charge >= 0.3 is 0 Å². The van der Waals surface area contributed by atoms with Crippen LogP contribution in [-0.2, 0) is 11.2 Å². The fourth-order valence-electron chi connectivity index (χ4n) is 2.52. The Morgan fingerprint density at radius 3 is 2.61 bits per heavy atom. The van der Waals surface area contributed by atoms with Crippen LogP contribution in [0.2, 0.25) is 0 Å². The number of benzene rings is 2. The van der Waals surface area contributed by atoms with E-state index < -0.39 is 4.92 Å². The molecule has 0 aliphatic rings. The Bertz CT molecular complexity index is 994. The summed E-state index contributed by atoms with van der Waals surface area (Å²) >= 11 is 0. The van der Waals surface area contributed by atoms with Gasteiger partial charge in [0.1, 0.15) is 5.75 Å². The molecule has 0 fully saturated rings. The summed E-state index contributed by atoms with van der Waals surface area (Å²) in [6.45, 7) is 0. The molecule has 0 aliphatic heterocycles. The second-order valence-electron chi connectivity index (χ2n) is 5.82. The summed E-state index contributed by atoms with van der Waals surface area (Å²) in [5, 5.41) is 21.5. The number of H-pyrrole nitrogens is 1. The van der Waals surface area contributed by atoms with E-state index >= 15 is 0 Å². The summed E-state index contributed by atoms with van der Waals surface area (Å²) in [6, 6.07) is 13.2. The summed E-state index contributed by atoms with van der Waals surface area (Å²) in [5.41, 5.74) is 5.44. The minimum atomic E-state index is -0.487. The number of rotatable bonds is 7. The van der Waals surface area contributed by atoms with Crippen LogP contribution >= 0.6 is 0 Å². The Kier molecular flexibility index (Phi) is 5.75. The summed E-state index contributed by atoms with van der Waals surface area (Å²) in [4.78, 5) is 22.1. The molecule has 0 spiro atoms. The van der Waals surface area contributed by atoms with Gasteiger partial charge in [-0.05, 0) is 29.8 Å². The van der Waals surface area contributed by atoms with Crippen molar-refractivity contribution in [1.82, 2.24) is 15.6 Å². The Balaban J connectivity index is 1.61. The van der Waals surface area contributed by atoms with E-state index in [2.05, 4.69) is 20.7 Å². The van der Waals surface area contributed by atoms with E-state index in [-0.39, 0.29) is 18.0 Å². The average Bonchev–Trinajstić information content (AvgIpc) is 3.17. The van der Waals surface area contributed by atoms with E-state index in [1.54, 1.807) is 25.4 Å². The van der Waals surface area contributed by atoms with Gasteiger partial charge in [0.25, 0.3) is 5.69 Å². The highest BCUT2D eigenvalue weighted by Crippen LogP contribution is 2.22. The number of hydrogen-bond acceptors (Lipinski definition) is 6. The Morgan fingerprint density at radius 2 is 1.96 bits per heavy atom. The smallest absolute Gasteiger partial charge is 0.269 e. The highest BCUT2D eigenvalue weighted by Gasteiger charge is 2.08. The maximum atomic E-state index is 12.0. The lowest BCUT2D eigenvalue weighted by Gasteiger charge is -2.03. The number of nitro benzene ring substituents is 1. The molecule has 0 radical (unpaired) electrons. The highest BCUT2D eigenvalue weighted by atomic mass is 16.6. The molecule has 0 aliphatic carbocycles. The molecule has 0 saturated carbocycles. The van der Waals surface area contributed by atoms with Crippen LogP contribution in [0.5, 0.6) is 5.75 Å². The van der Waals surface area contributed by atoms with Gasteiger partial charge in [-0.1, -0.05) is 12.1 Å². The molecule has 1 heterocycles. The third kappa shape index (κ3) is 4.58. The molecular formula is C19H17N5O4. The fourth-order valence-corrected chi connectivity index (χ4v) is 2.52. The van der Waals surface area contributed by atoms with Crippen molar-refractivity contribution in [3.63, 3.8) is 0 Å². The fraction of sp³-hybridized carbons (Fsp3) is 0.105. The van der Waals surface area contributed by atoms with Gasteiger partial charge in [-0.25, -0.2) is 5.43 Å². The summed E-state index contributed by atoms with van der Waals surface area (Å²) in [5.74, 6) is 0.414. The number of amides is 1. The number of nitrogens with one attached hydrogen (secondary N) is 2. The number of non-ortho nitro benzene ring substituents is 1. The van der Waals surface area contributed by atoms with Gasteiger partial charge in [-0.2, -0.15) is 10.2 Å². The molecule has 0 unspecified atom stereocenters. The first-order chi connectivity index (χ1) is 13.6. The largest absolute Gasteiger partial charge is 0.497 e. The van der Waals surface area contributed by atoms with Gasteiger partial charge < -0.3 is 4.74 Å². The molecule has 2 aromatic carbocycles. The molecule has 1 amide bonds. The third-order valence-electron chi connectivity index (χ3n) is 3.95. The first kappa shape index (κ1) is 18.8. The number of methoxy groups -OCH3 is 1. The molecule has 9 nitrogen and oxygen atoms in total. The number of aromatic nitrogens is 2. The van der Waals surface area contributed by atoms with Gasteiger partial charge in [0.2, 0.25) is 5.91 Å². The molecule has 3 rings (SSSR count). The van der Waals surface area contributed by atoms with Gasteiger partial charge in [0, 0.05) is 23.3 Å². The third-order valence-corrected chi connectivity index (χ3v) is 3.95. The van der Waals surface area contributed by atoms with E-state index in [1.165, 1.54) is 18.3 Å². The molecule has 9 heteroatoms. The number of aromatic amines is 1.